The summed E-state index contributed by atoms with van der Waals surface area (Å²) in [4.78, 5) is 27.9. The number of carbonyl (C=O) groups excluding carboxylic acids is 2. The predicted octanol–water partition coefficient (Wildman–Crippen LogP) is 3.75. The molecule has 3 aromatic carbocycles. The first kappa shape index (κ1) is 21.7. The summed E-state index contributed by atoms with van der Waals surface area (Å²) in [6.07, 6.45) is 1.12. The number of tetrazole rings is 1. The first-order valence-electron chi connectivity index (χ1n) is 11.1. The van der Waals surface area contributed by atoms with Crippen LogP contribution in [0.15, 0.2) is 60.7 Å². The van der Waals surface area contributed by atoms with E-state index < -0.39 is 5.82 Å². The van der Waals surface area contributed by atoms with Crippen molar-refractivity contribution in [3.63, 3.8) is 0 Å². The van der Waals surface area contributed by atoms with Gasteiger partial charge in [0.25, 0.3) is 5.91 Å². The van der Waals surface area contributed by atoms with E-state index in [1.54, 1.807) is 6.92 Å². The number of rotatable bonds is 4. The second kappa shape index (κ2) is 9.01. The summed E-state index contributed by atoms with van der Waals surface area (Å²) in [5, 5.41) is 15.9. The van der Waals surface area contributed by atoms with Gasteiger partial charge >= 0.3 is 0 Å². The standard InChI is InChI=1S/C25H23FN6O2/c1-16-28-29-30-32(16)23-15-19(9-10-22(23)26)27-24(33)18-11-13-31(14-12-18)25(34)21-8-4-6-17-5-2-3-7-20(17)21/h2-10,15,18H,11-14H2,1H3,(H,27,33). The molecule has 9 heteroatoms. The van der Waals surface area contributed by atoms with Crippen molar-refractivity contribution in [1.29, 1.82) is 0 Å². The fourth-order valence-electron chi connectivity index (χ4n) is 4.38. The van der Waals surface area contributed by atoms with E-state index in [-0.39, 0.29) is 23.4 Å². The average Bonchev–Trinajstić information content (AvgIpc) is 3.30. The summed E-state index contributed by atoms with van der Waals surface area (Å²) < 4.78 is 15.6. The number of aromatic nitrogens is 4. The van der Waals surface area contributed by atoms with E-state index >= 15 is 0 Å². The zero-order valence-electron chi connectivity index (χ0n) is 18.6. The van der Waals surface area contributed by atoms with Crippen LogP contribution < -0.4 is 5.32 Å². The molecule has 0 spiro atoms. The van der Waals surface area contributed by atoms with E-state index in [9.17, 15) is 14.0 Å². The zero-order valence-corrected chi connectivity index (χ0v) is 18.6. The molecule has 0 aliphatic carbocycles. The lowest BCUT2D eigenvalue weighted by atomic mass is 9.94. The molecule has 1 saturated heterocycles. The van der Waals surface area contributed by atoms with Gasteiger partial charge < -0.3 is 10.2 Å². The topological polar surface area (TPSA) is 93.0 Å². The van der Waals surface area contributed by atoms with Crippen molar-refractivity contribution >= 4 is 28.3 Å². The molecule has 1 fully saturated rings. The highest BCUT2D eigenvalue weighted by atomic mass is 19.1. The van der Waals surface area contributed by atoms with Crippen molar-refractivity contribution in [3.8, 4) is 5.69 Å². The van der Waals surface area contributed by atoms with Gasteiger partial charge in [0.2, 0.25) is 5.91 Å². The van der Waals surface area contributed by atoms with Crippen LogP contribution >= 0.6 is 0 Å². The Labute approximate surface area is 195 Å². The highest BCUT2D eigenvalue weighted by Crippen LogP contribution is 2.25. The van der Waals surface area contributed by atoms with E-state index in [1.807, 2.05) is 47.4 Å². The molecule has 1 aliphatic heterocycles. The van der Waals surface area contributed by atoms with Crippen molar-refractivity contribution in [2.75, 3.05) is 18.4 Å². The molecule has 34 heavy (non-hydrogen) atoms. The van der Waals surface area contributed by atoms with Crippen LogP contribution in [-0.4, -0.2) is 50.0 Å². The van der Waals surface area contributed by atoms with Gasteiger partial charge in [0, 0.05) is 30.3 Å². The summed E-state index contributed by atoms with van der Waals surface area (Å²) in [5.41, 5.74) is 1.30. The number of likely N-dealkylation sites (tertiary alicyclic amines) is 1. The number of nitrogens with zero attached hydrogens (tertiary/aromatic N) is 5. The molecule has 0 atom stereocenters. The Kier molecular flexibility index (Phi) is 5.75. The Morgan fingerprint density at radius 2 is 1.79 bits per heavy atom. The van der Waals surface area contributed by atoms with Gasteiger partial charge in [0.1, 0.15) is 11.5 Å². The molecule has 4 aromatic rings. The number of anilines is 1. The molecule has 0 bridgehead atoms. The van der Waals surface area contributed by atoms with Gasteiger partial charge in [-0.1, -0.05) is 36.4 Å². The molecule has 0 radical (unpaired) electrons. The number of hydrogen-bond acceptors (Lipinski definition) is 5. The lowest BCUT2D eigenvalue weighted by Crippen LogP contribution is -2.41. The number of nitrogens with one attached hydrogen (secondary N) is 1. The second-order valence-corrected chi connectivity index (χ2v) is 8.39. The lowest BCUT2D eigenvalue weighted by molar-refractivity contribution is -0.121. The molecule has 1 aromatic heterocycles. The van der Waals surface area contributed by atoms with Crippen LogP contribution in [0.1, 0.15) is 29.0 Å². The number of aryl methyl sites for hydroxylation is 1. The van der Waals surface area contributed by atoms with Gasteiger partial charge in [-0.05, 0) is 65.2 Å². The van der Waals surface area contributed by atoms with Crippen LogP contribution in [0.2, 0.25) is 0 Å². The largest absolute Gasteiger partial charge is 0.339 e. The maximum absolute atomic E-state index is 14.3. The number of benzene rings is 3. The number of hydrogen-bond donors (Lipinski definition) is 1. The Morgan fingerprint density at radius 3 is 2.56 bits per heavy atom. The molecular weight excluding hydrogens is 435 g/mol. The normalized spacial score (nSPS) is 14.4. The molecule has 1 aliphatic rings. The average molecular weight is 458 g/mol. The van der Waals surface area contributed by atoms with Crippen LogP contribution in [0.25, 0.3) is 16.5 Å². The monoisotopic (exact) mass is 458 g/mol. The van der Waals surface area contributed by atoms with Gasteiger partial charge in [-0.2, -0.15) is 4.68 Å². The third-order valence-electron chi connectivity index (χ3n) is 6.24. The number of halogens is 1. The molecular formula is C25H23FN6O2. The van der Waals surface area contributed by atoms with Gasteiger partial charge in [-0.25, -0.2) is 4.39 Å². The molecule has 2 amide bonds. The first-order valence-corrected chi connectivity index (χ1v) is 11.1. The van der Waals surface area contributed by atoms with Gasteiger partial charge in [0.05, 0.1) is 0 Å². The Hall–Kier alpha value is -4.14. The summed E-state index contributed by atoms with van der Waals surface area (Å²) in [6, 6.07) is 17.9. The maximum atomic E-state index is 14.3. The van der Waals surface area contributed by atoms with Crippen LogP contribution in [0.3, 0.4) is 0 Å². The third-order valence-corrected chi connectivity index (χ3v) is 6.24. The highest BCUT2D eigenvalue weighted by molar-refractivity contribution is 6.07. The molecule has 2 heterocycles. The summed E-state index contributed by atoms with van der Waals surface area (Å²) in [5.74, 6) is -0.460. The smallest absolute Gasteiger partial charge is 0.254 e. The second-order valence-electron chi connectivity index (χ2n) is 8.39. The number of carbonyl (C=O) groups is 2. The van der Waals surface area contributed by atoms with E-state index in [0.717, 1.165) is 10.8 Å². The lowest BCUT2D eigenvalue weighted by Gasteiger charge is -2.31. The Bertz CT molecular complexity index is 1370. The highest BCUT2D eigenvalue weighted by Gasteiger charge is 2.28. The molecule has 1 N–H and O–H groups in total. The Morgan fingerprint density at radius 1 is 1.03 bits per heavy atom. The van der Waals surface area contributed by atoms with Crippen molar-refractivity contribution < 1.29 is 14.0 Å². The summed E-state index contributed by atoms with van der Waals surface area (Å²) >= 11 is 0. The van der Waals surface area contributed by atoms with Crippen LogP contribution in [0.5, 0.6) is 0 Å². The molecule has 5 rings (SSSR count). The van der Waals surface area contributed by atoms with Crippen molar-refractivity contribution in [3.05, 3.63) is 77.9 Å². The van der Waals surface area contributed by atoms with Crippen LogP contribution in [-0.2, 0) is 4.79 Å². The SMILES string of the molecule is Cc1nnnn1-c1cc(NC(=O)C2CCN(C(=O)c3cccc4ccccc34)CC2)ccc1F. The van der Waals surface area contributed by atoms with E-state index in [1.165, 1.54) is 22.9 Å². The van der Waals surface area contributed by atoms with Gasteiger partial charge in [-0.3, -0.25) is 9.59 Å². The zero-order chi connectivity index (χ0) is 23.7. The number of fused-ring (bicyclic) bond motifs is 1. The van der Waals surface area contributed by atoms with E-state index in [4.69, 9.17) is 0 Å². The molecule has 0 saturated carbocycles. The molecule has 0 unspecified atom stereocenters. The van der Waals surface area contributed by atoms with Crippen molar-refractivity contribution in [1.82, 2.24) is 25.1 Å². The van der Waals surface area contributed by atoms with E-state index in [2.05, 4.69) is 20.8 Å². The molecule has 172 valence electrons. The van der Waals surface area contributed by atoms with Crippen LogP contribution in [0.4, 0.5) is 10.1 Å². The minimum absolute atomic E-state index is 0.0179. The van der Waals surface area contributed by atoms with E-state index in [0.29, 0.717) is 43.0 Å². The maximum Gasteiger partial charge on any atom is 0.254 e. The summed E-state index contributed by atoms with van der Waals surface area (Å²) in [7, 11) is 0. The third kappa shape index (κ3) is 4.12. The van der Waals surface area contributed by atoms with Crippen LogP contribution in [0, 0.1) is 18.7 Å². The number of piperidine rings is 1. The fraction of sp³-hybridized carbons (Fsp3) is 0.240. The van der Waals surface area contributed by atoms with Crippen molar-refractivity contribution in [2.45, 2.75) is 19.8 Å². The minimum atomic E-state index is -0.492. The Balaban J connectivity index is 1.24. The predicted molar refractivity (Wildman–Crippen MR) is 125 cm³/mol. The number of amides is 2. The van der Waals surface area contributed by atoms with Gasteiger partial charge in [-0.15, -0.1) is 5.10 Å². The first-order chi connectivity index (χ1) is 16.5. The van der Waals surface area contributed by atoms with Crippen molar-refractivity contribution in [2.24, 2.45) is 5.92 Å². The fourth-order valence-corrected chi connectivity index (χ4v) is 4.38. The molecule has 8 nitrogen and oxygen atoms in total. The van der Waals surface area contributed by atoms with Gasteiger partial charge in [0.15, 0.2) is 5.82 Å². The minimum Gasteiger partial charge on any atom is -0.339 e. The quantitative estimate of drug-likeness (QED) is 0.503. The summed E-state index contributed by atoms with van der Waals surface area (Å²) in [6.45, 7) is 2.66.